The van der Waals surface area contributed by atoms with Crippen LogP contribution in [0.25, 0.3) is 0 Å². The first kappa shape index (κ1) is 14.0. The van der Waals surface area contributed by atoms with Gasteiger partial charge in [0.25, 0.3) is 0 Å². The van der Waals surface area contributed by atoms with Crippen molar-refractivity contribution in [3.8, 4) is 6.07 Å². The lowest BCUT2D eigenvalue weighted by atomic mass is 9.92. The highest BCUT2D eigenvalue weighted by Crippen LogP contribution is 2.23. The van der Waals surface area contributed by atoms with Crippen LogP contribution in [0.5, 0.6) is 0 Å². The Morgan fingerprint density at radius 2 is 1.95 bits per heavy atom. The second-order valence-electron chi connectivity index (χ2n) is 5.02. The van der Waals surface area contributed by atoms with Gasteiger partial charge < -0.3 is 4.90 Å². The molecule has 1 fully saturated rings. The summed E-state index contributed by atoms with van der Waals surface area (Å²) in [4.78, 5) is 2.43. The summed E-state index contributed by atoms with van der Waals surface area (Å²) < 4.78 is 24.3. The molecule has 0 saturated heterocycles. The summed E-state index contributed by atoms with van der Waals surface area (Å²) in [7, 11) is -1.26. The molecule has 0 bridgehead atoms. The summed E-state index contributed by atoms with van der Waals surface area (Å²) in [6.07, 6.45) is 3.60. The van der Waals surface area contributed by atoms with Crippen molar-refractivity contribution in [2.24, 2.45) is 0 Å². The topological polar surface area (TPSA) is 61.2 Å². The Hall–Kier alpha value is -1.38. The highest BCUT2D eigenvalue weighted by Gasteiger charge is 2.23. The maximum Gasteiger partial charge on any atom is 0.179 e. The van der Waals surface area contributed by atoms with Gasteiger partial charge in [0.15, 0.2) is 9.84 Å². The van der Waals surface area contributed by atoms with Crippen molar-refractivity contribution in [3.05, 3.63) is 29.8 Å². The van der Waals surface area contributed by atoms with Crippen LogP contribution in [0.3, 0.4) is 0 Å². The minimum Gasteiger partial charge on any atom is -0.302 e. The van der Waals surface area contributed by atoms with E-state index < -0.39 is 9.84 Å². The Labute approximate surface area is 114 Å². The number of nitrogens with zero attached hydrogens (tertiary/aromatic N) is 2. The SMILES string of the molecule is CN(CCS(=O)(=O)c1ccc(C#N)cc1)C1CCC1. The molecule has 5 heteroatoms. The lowest BCUT2D eigenvalue weighted by Crippen LogP contribution is -2.39. The molecule has 0 radical (unpaired) electrons. The third kappa shape index (κ3) is 3.34. The van der Waals surface area contributed by atoms with Crippen LogP contribution >= 0.6 is 0 Å². The van der Waals surface area contributed by atoms with E-state index in [1.54, 1.807) is 12.1 Å². The Morgan fingerprint density at radius 1 is 1.32 bits per heavy atom. The zero-order valence-electron chi connectivity index (χ0n) is 11.0. The van der Waals surface area contributed by atoms with Gasteiger partial charge in [0, 0.05) is 12.6 Å². The van der Waals surface area contributed by atoms with Crippen LogP contribution in [-0.2, 0) is 9.84 Å². The number of rotatable bonds is 5. The second kappa shape index (κ2) is 5.72. The summed E-state index contributed by atoms with van der Waals surface area (Å²) in [6.45, 7) is 0.563. The molecule has 0 unspecified atom stereocenters. The van der Waals surface area contributed by atoms with Gasteiger partial charge in [0.05, 0.1) is 22.3 Å². The van der Waals surface area contributed by atoms with E-state index in [9.17, 15) is 8.42 Å². The summed E-state index contributed by atoms with van der Waals surface area (Å²) in [5.74, 6) is 0.131. The molecule has 1 aliphatic rings. The summed E-state index contributed by atoms with van der Waals surface area (Å²) in [5.41, 5.74) is 0.477. The molecular formula is C14H18N2O2S. The average molecular weight is 278 g/mol. The predicted molar refractivity (Wildman–Crippen MR) is 73.5 cm³/mol. The fourth-order valence-corrected chi connectivity index (χ4v) is 3.44. The van der Waals surface area contributed by atoms with E-state index in [0.717, 1.165) is 0 Å². The molecule has 0 spiro atoms. The van der Waals surface area contributed by atoms with Crippen molar-refractivity contribution in [3.63, 3.8) is 0 Å². The molecule has 0 aliphatic heterocycles. The first-order valence-corrected chi connectivity index (χ1v) is 8.11. The van der Waals surface area contributed by atoms with Gasteiger partial charge in [-0.3, -0.25) is 0 Å². The van der Waals surface area contributed by atoms with Gasteiger partial charge in [-0.15, -0.1) is 0 Å². The Bertz CT molecular complexity index is 568. The van der Waals surface area contributed by atoms with Gasteiger partial charge in [0.2, 0.25) is 0 Å². The Balaban J connectivity index is 1.99. The zero-order chi connectivity index (χ0) is 13.9. The molecule has 1 aliphatic carbocycles. The monoisotopic (exact) mass is 278 g/mol. The molecule has 1 saturated carbocycles. The molecule has 2 rings (SSSR count). The predicted octanol–water partition coefficient (Wildman–Crippen LogP) is 1.82. The molecule has 0 aromatic heterocycles. The van der Waals surface area contributed by atoms with E-state index in [1.165, 1.54) is 31.4 Å². The van der Waals surface area contributed by atoms with Crippen LogP contribution in [0.1, 0.15) is 24.8 Å². The lowest BCUT2D eigenvalue weighted by Gasteiger charge is -2.34. The van der Waals surface area contributed by atoms with Crippen LogP contribution in [-0.4, -0.2) is 38.7 Å². The molecule has 0 N–H and O–H groups in total. The highest BCUT2D eigenvalue weighted by atomic mass is 32.2. The Kier molecular flexibility index (Phi) is 4.23. The third-order valence-electron chi connectivity index (χ3n) is 3.75. The molecule has 1 aromatic rings. The van der Waals surface area contributed by atoms with E-state index in [1.807, 2.05) is 13.1 Å². The van der Waals surface area contributed by atoms with E-state index in [2.05, 4.69) is 4.90 Å². The third-order valence-corrected chi connectivity index (χ3v) is 5.46. The summed E-state index contributed by atoms with van der Waals surface area (Å²) in [5, 5.41) is 8.70. The molecular weight excluding hydrogens is 260 g/mol. The lowest BCUT2D eigenvalue weighted by molar-refractivity contribution is 0.168. The van der Waals surface area contributed by atoms with E-state index in [4.69, 9.17) is 5.26 Å². The number of benzene rings is 1. The van der Waals surface area contributed by atoms with Gasteiger partial charge in [-0.25, -0.2) is 8.42 Å². The highest BCUT2D eigenvalue weighted by molar-refractivity contribution is 7.91. The number of nitriles is 1. The van der Waals surface area contributed by atoms with Crippen molar-refractivity contribution >= 4 is 9.84 Å². The molecule has 0 atom stereocenters. The normalized spacial score (nSPS) is 16.1. The van der Waals surface area contributed by atoms with Gasteiger partial charge in [0.1, 0.15) is 0 Å². The van der Waals surface area contributed by atoms with Crippen LogP contribution < -0.4 is 0 Å². The number of sulfone groups is 1. The average Bonchev–Trinajstić information content (AvgIpc) is 2.34. The van der Waals surface area contributed by atoms with Crippen molar-refractivity contribution in [2.75, 3.05) is 19.3 Å². The van der Waals surface area contributed by atoms with Gasteiger partial charge >= 0.3 is 0 Å². The molecule has 19 heavy (non-hydrogen) atoms. The smallest absolute Gasteiger partial charge is 0.179 e. The van der Waals surface area contributed by atoms with Crippen molar-refractivity contribution in [1.29, 1.82) is 5.26 Å². The van der Waals surface area contributed by atoms with Crippen LogP contribution in [0.4, 0.5) is 0 Å². The van der Waals surface area contributed by atoms with Crippen LogP contribution in [0.15, 0.2) is 29.2 Å². The first-order valence-electron chi connectivity index (χ1n) is 6.46. The quantitative estimate of drug-likeness (QED) is 0.824. The molecule has 1 aromatic carbocycles. The molecule has 0 amide bonds. The first-order chi connectivity index (χ1) is 9.03. The zero-order valence-corrected chi connectivity index (χ0v) is 11.9. The van der Waals surface area contributed by atoms with Crippen LogP contribution in [0, 0.1) is 11.3 Å². The van der Waals surface area contributed by atoms with Crippen molar-refractivity contribution in [2.45, 2.75) is 30.2 Å². The summed E-state index contributed by atoms with van der Waals surface area (Å²) >= 11 is 0. The van der Waals surface area contributed by atoms with Gasteiger partial charge in [-0.1, -0.05) is 6.42 Å². The molecule has 0 heterocycles. The Morgan fingerprint density at radius 3 is 2.42 bits per heavy atom. The standard InChI is InChI=1S/C14H18N2O2S/c1-16(13-3-2-4-13)9-10-19(17,18)14-7-5-12(11-15)6-8-14/h5-8,13H,2-4,9-10H2,1H3. The van der Waals surface area contributed by atoms with Crippen LogP contribution in [0.2, 0.25) is 0 Å². The van der Waals surface area contributed by atoms with E-state index in [-0.39, 0.29) is 5.75 Å². The number of hydrogen-bond donors (Lipinski definition) is 0. The minimum absolute atomic E-state index is 0.131. The summed E-state index contributed by atoms with van der Waals surface area (Å²) in [6, 6.07) is 8.65. The molecule has 102 valence electrons. The van der Waals surface area contributed by atoms with Gasteiger partial charge in [-0.2, -0.15) is 5.26 Å². The van der Waals surface area contributed by atoms with Crippen molar-refractivity contribution in [1.82, 2.24) is 4.90 Å². The van der Waals surface area contributed by atoms with Gasteiger partial charge in [-0.05, 0) is 44.2 Å². The van der Waals surface area contributed by atoms with E-state index in [0.29, 0.717) is 23.0 Å². The number of hydrogen-bond acceptors (Lipinski definition) is 4. The minimum atomic E-state index is -3.25. The van der Waals surface area contributed by atoms with E-state index >= 15 is 0 Å². The molecule has 4 nitrogen and oxygen atoms in total. The second-order valence-corrected chi connectivity index (χ2v) is 7.13. The largest absolute Gasteiger partial charge is 0.302 e. The fraction of sp³-hybridized carbons (Fsp3) is 0.500. The van der Waals surface area contributed by atoms with Crippen molar-refractivity contribution < 1.29 is 8.42 Å². The maximum absolute atomic E-state index is 12.2. The fourth-order valence-electron chi connectivity index (χ4n) is 2.13. The maximum atomic E-state index is 12.2.